The molecule has 3 unspecified atom stereocenters. The second kappa shape index (κ2) is 5.57. The van der Waals surface area contributed by atoms with Crippen LogP contribution in [-0.2, 0) is 9.53 Å². The van der Waals surface area contributed by atoms with Crippen LogP contribution in [0, 0.1) is 11.8 Å². The van der Waals surface area contributed by atoms with E-state index < -0.39 is 5.54 Å². The topological polar surface area (TPSA) is 41.6 Å². The number of hydrogen-bond acceptors (Lipinski definition) is 4. The fraction of sp³-hybridized carbons (Fsp3) is 0.929. The van der Waals surface area contributed by atoms with E-state index in [1.807, 2.05) is 13.8 Å². The van der Waals surface area contributed by atoms with Crippen molar-refractivity contribution in [3.05, 3.63) is 0 Å². The number of hydrogen-bond donors (Lipinski definition) is 1. The summed E-state index contributed by atoms with van der Waals surface area (Å²) in [6.07, 6.45) is 4.14. The number of methoxy groups -OCH3 is 1. The average Bonchev–Trinajstić information content (AvgIpc) is 2.88. The maximum Gasteiger partial charge on any atom is 0.327 e. The van der Waals surface area contributed by atoms with Gasteiger partial charge in [-0.25, -0.2) is 0 Å². The van der Waals surface area contributed by atoms with Gasteiger partial charge in [0.25, 0.3) is 0 Å². The van der Waals surface area contributed by atoms with Gasteiger partial charge in [-0.1, -0.05) is 13.3 Å². The highest BCUT2D eigenvalue weighted by atomic mass is 16.5. The first-order valence-corrected chi connectivity index (χ1v) is 7.15. The quantitative estimate of drug-likeness (QED) is 0.750. The van der Waals surface area contributed by atoms with Crippen LogP contribution < -0.4 is 5.32 Å². The molecule has 104 valence electrons. The Bertz CT molecular complexity index is 296. The first-order valence-electron chi connectivity index (χ1n) is 7.15. The van der Waals surface area contributed by atoms with Gasteiger partial charge in [-0.05, 0) is 38.1 Å². The van der Waals surface area contributed by atoms with Gasteiger partial charge in [0.1, 0.15) is 5.54 Å². The maximum absolute atomic E-state index is 11.9. The SMILES string of the molecule is CCNC(C)(CN1CC2CCCC2C1)C(=O)OC. The molecule has 1 aliphatic heterocycles. The van der Waals surface area contributed by atoms with Crippen molar-refractivity contribution in [2.75, 3.05) is 33.3 Å². The molecule has 1 aliphatic carbocycles. The van der Waals surface area contributed by atoms with Gasteiger partial charge < -0.3 is 15.0 Å². The molecular formula is C14H26N2O2. The number of esters is 1. The van der Waals surface area contributed by atoms with Crippen LogP contribution in [0.25, 0.3) is 0 Å². The van der Waals surface area contributed by atoms with Crippen LogP contribution >= 0.6 is 0 Å². The lowest BCUT2D eigenvalue weighted by Gasteiger charge is -2.32. The Balaban J connectivity index is 1.95. The van der Waals surface area contributed by atoms with Crippen LogP contribution in [0.3, 0.4) is 0 Å². The zero-order valence-corrected chi connectivity index (χ0v) is 11.9. The number of likely N-dealkylation sites (tertiary alicyclic amines) is 1. The number of carbonyl (C=O) groups is 1. The van der Waals surface area contributed by atoms with E-state index in [-0.39, 0.29) is 5.97 Å². The number of fused-ring (bicyclic) bond motifs is 1. The molecule has 1 saturated carbocycles. The molecule has 1 N–H and O–H groups in total. The van der Waals surface area contributed by atoms with Gasteiger partial charge >= 0.3 is 5.97 Å². The summed E-state index contributed by atoms with van der Waals surface area (Å²) in [4.78, 5) is 14.4. The van der Waals surface area contributed by atoms with Crippen LogP contribution in [0.4, 0.5) is 0 Å². The Morgan fingerprint density at radius 1 is 1.39 bits per heavy atom. The van der Waals surface area contributed by atoms with Crippen LogP contribution in [0.15, 0.2) is 0 Å². The Morgan fingerprint density at radius 3 is 2.50 bits per heavy atom. The summed E-state index contributed by atoms with van der Waals surface area (Å²) in [6, 6.07) is 0. The van der Waals surface area contributed by atoms with E-state index >= 15 is 0 Å². The van der Waals surface area contributed by atoms with Crippen molar-refractivity contribution in [2.45, 2.75) is 38.6 Å². The maximum atomic E-state index is 11.9. The first kappa shape index (κ1) is 13.8. The van der Waals surface area contributed by atoms with Gasteiger partial charge in [0.2, 0.25) is 0 Å². The smallest absolute Gasteiger partial charge is 0.327 e. The van der Waals surface area contributed by atoms with Crippen molar-refractivity contribution in [1.82, 2.24) is 10.2 Å². The van der Waals surface area contributed by atoms with E-state index in [2.05, 4.69) is 10.2 Å². The summed E-state index contributed by atoms with van der Waals surface area (Å²) in [5, 5.41) is 3.29. The van der Waals surface area contributed by atoms with E-state index in [9.17, 15) is 4.79 Å². The van der Waals surface area contributed by atoms with Crippen molar-refractivity contribution in [3.8, 4) is 0 Å². The molecule has 2 fully saturated rings. The van der Waals surface area contributed by atoms with Crippen molar-refractivity contribution < 1.29 is 9.53 Å². The van der Waals surface area contributed by atoms with Crippen LogP contribution in [0.1, 0.15) is 33.1 Å². The molecule has 0 amide bonds. The number of rotatable bonds is 5. The molecule has 4 heteroatoms. The summed E-state index contributed by atoms with van der Waals surface area (Å²) in [5.41, 5.74) is -0.567. The molecule has 1 saturated heterocycles. The highest BCUT2D eigenvalue weighted by Crippen LogP contribution is 2.38. The predicted octanol–water partition coefficient (Wildman–Crippen LogP) is 1.26. The summed E-state index contributed by atoms with van der Waals surface area (Å²) in [6.45, 7) is 7.84. The average molecular weight is 254 g/mol. The zero-order chi connectivity index (χ0) is 13.2. The third-order valence-corrected chi connectivity index (χ3v) is 4.54. The third kappa shape index (κ3) is 2.69. The number of ether oxygens (including phenoxy) is 1. The van der Waals surface area contributed by atoms with Crippen LogP contribution in [0.5, 0.6) is 0 Å². The molecule has 3 atom stereocenters. The second-order valence-corrected chi connectivity index (χ2v) is 6.00. The van der Waals surface area contributed by atoms with E-state index in [4.69, 9.17) is 4.74 Å². The second-order valence-electron chi connectivity index (χ2n) is 6.00. The lowest BCUT2D eigenvalue weighted by atomic mass is 10.0. The molecule has 0 aromatic rings. The molecule has 0 bridgehead atoms. The summed E-state index contributed by atoms with van der Waals surface area (Å²) < 4.78 is 4.94. The van der Waals surface area contributed by atoms with Gasteiger partial charge in [-0.15, -0.1) is 0 Å². The molecule has 1 heterocycles. The largest absolute Gasteiger partial charge is 0.468 e. The molecule has 2 rings (SSSR count). The molecule has 18 heavy (non-hydrogen) atoms. The molecule has 0 radical (unpaired) electrons. The predicted molar refractivity (Wildman–Crippen MR) is 71.4 cm³/mol. The molecule has 0 aromatic carbocycles. The van der Waals surface area contributed by atoms with E-state index in [0.717, 1.165) is 38.0 Å². The van der Waals surface area contributed by atoms with E-state index in [1.165, 1.54) is 26.4 Å². The van der Waals surface area contributed by atoms with Crippen molar-refractivity contribution in [3.63, 3.8) is 0 Å². The van der Waals surface area contributed by atoms with E-state index in [1.54, 1.807) is 0 Å². The van der Waals surface area contributed by atoms with Crippen molar-refractivity contribution in [2.24, 2.45) is 11.8 Å². The van der Waals surface area contributed by atoms with Gasteiger partial charge in [0.15, 0.2) is 0 Å². The highest BCUT2D eigenvalue weighted by molar-refractivity contribution is 5.80. The molecular weight excluding hydrogens is 228 g/mol. The molecule has 0 spiro atoms. The molecule has 4 nitrogen and oxygen atoms in total. The number of nitrogens with zero attached hydrogens (tertiary/aromatic N) is 1. The van der Waals surface area contributed by atoms with Crippen molar-refractivity contribution in [1.29, 1.82) is 0 Å². The minimum absolute atomic E-state index is 0.151. The normalized spacial score (nSPS) is 31.1. The summed E-state index contributed by atoms with van der Waals surface area (Å²) in [5.74, 6) is 1.59. The Kier molecular flexibility index (Phi) is 4.28. The van der Waals surface area contributed by atoms with E-state index in [0.29, 0.717) is 0 Å². The minimum atomic E-state index is -0.567. The lowest BCUT2D eigenvalue weighted by molar-refractivity contribution is -0.148. The monoisotopic (exact) mass is 254 g/mol. The van der Waals surface area contributed by atoms with Gasteiger partial charge in [-0.3, -0.25) is 4.79 Å². The summed E-state index contributed by atoms with van der Waals surface area (Å²) >= 11 is 0. The third-order valence-electron chi connectivity index (χ3n) is 4.54. The first-order chi connectivity index (χ1) is 8.59. The number of likely N-dealkylation sites (N-methyl/N-ethyl adjacent to an activating group) is 1. The molecule has 0 aromatic heterocycles. The fourth-order valence-electron chi connectivity index (χ4n) is 3.72. The summed E-state index contributed by atoms with van der Waals surface area (Å²) in [7, 11) is 1.47. The molecule has 2 aliphatic rings. The zero-order valence-electron chi connectivity index (χ0n) is 11.9. The van der Waals surface area contributed by atoms with Crippen molar-refractivity contribution >= 4 is 5.97 Å². The van der Waals surface area contributed by atoms with Gasteiger partial charge in [-0.2, -0.15) is 0 Å². The highest BCUT2D eigenvalue weighted by Gasteiger charge is 2.41. The minimum Gasteiger partial charge on any atom is -0.468 e. The Hall–Kier alpha value is -0.610. The Labute approximate surface area is 110 Å². The standard InChI is InChI=1S/C14H26N2O2/c1-4-15-14(2,13(17)18-3)10-16-8-11-6-5-7-12(11)9-16/h11-12,15H,4-10H2,1-3H3. The number of nitrogens with one attached hydrogen (secondary N) is 1. The lowest BCUT2D eigenvalue weighted by Crippen LogP contribution is -2.57. The van der Waals surface area contributed by atoms with Crippen LogP contribution in [-0.4, -0.2) is 49.7 Å². The van der Waals surface area contributed by atoms with Gasteiger partial charge in [0.05, 0.1) is 7.11 Å². The number of carbonyl (C=O) groups excluding carboxylic acids is 1. The van der Waals surface area contributed by atoms with Gasteiger partial charge in [0, 0.05) is 19.6 Å². The fourth-order valence-corrected chi connectivity index (χ4v) is 3.72. The van der Waals surface area contributed by atoms with Crippen LogP contribution in [0.2, 0.25) is 0 Å². The Morgan fingerprint density at radius 2 is 2.00 bits per heavy atom.